The van der Waals surface area contributed by atoms with Crippen molar-refractivity contribution in [2.24, 2.45) is 0 Å². The summed E-state index contributed by atoms with van der Waals surface area (Å²) in [5, 5.41) is 8.97. The first-order valence-corrected chi connectivity index (χ1v) is 11.2. The van der Waals surface area contributed by atoms with Gasteiger partial charge < -0.3 is 5.32 Å². The van der Waals surface area contributed by atoms with Crippen LogP contribution in [0.2, 0.25) is 0 Å². The number of pyridine rings is 1. The molecule has 0 unspecified atom stereocenters. The monoisotopic (exact) mass is 406 g/mol. The van der Waals surface area contributed by atoms with E-state index in [1.165, 1.54) is 11.8 Å². The smallest absolute Gasteiger partial charge is 0.175 e. The molecule has 0 saturated heterocycles. The zero-order valence-corrected chi connectivity index (χ0v) is 17.3. The third-order valence-electron chi connectivity index (χ3n) is 4.90. The fraction of sp³-hybridized carbons (Fsp3) is 0.182. The lowest BCUT2D eigenvalue weighted by atomic mass is 10.1. The second-order valence-corrected chi connectivity index (χ2v) is 9.15. The Bertz CT molecular complexity index is 1280. The molecule has 0 aliphatic rings. The largest absolute Gasteiger partial charge is 0.363 e. The minimum Gasteiger partial charge on any atom is -0.363 e. The van der Waals surface area contributed by atoms with Gasteiger partial charge in [0.25, 0.3) is 0 Å². The van der Waals surface area contributed by atoms with E-state index >= 15 is 0 Å². The summed E-state index contributed by atoms with van der Waals surface area (Å²) in [4.78, 5) is 4.80. The molecule has 1 atom stereocenters. The molecule has 0 fully saturated rings. The van der Waals surface area contributed by atoms with Gasteiger partial charge in [-0.1, -0.05) is 36.4 Å². The molecule has 0 bridgehead atoms. The number of nitrogens with zero attached hydrogens (tertiary/aromatic N) is 3. The summed E-state index contributed by atoms with van der Waals surface area (Å²) < 4.78 is 25.7. The zero-order valence-electron chi connectivity index (χ0n) is 16.5. The van der Waals surface area contributed by atoms with Crippen LogP contribution in [0.4, 0.5) is 5.82 Å². The number of rotatable bonds is 5. The van der Waals surface area contributed by atoms with Gasteiger partial charge in [-0.05, 0) is 37.6 Å². The van der Waals surface area contributed by atoms with Crippen LogP contribution in [0.1, 0.15) is 24.2 Å². The first kappa shape index (κ1) is 19.1. The van der Waals surface area contributed by atoms with Crippen molar-refractivity contribution in [3.63, 3.8) is 0 Å². The molecule has 0 spiro atoms. The molecule has 2 heterocycles. The third-order valence-corrected chi connectivity index (χ3v) is 6.01. The minimum absolute atomic E-state index is 0.0900. The number of sulfone groups is 1. The van der Waals surface area contributed by atoms with Crippen LogP contribution in [0.3, 0.4) is 0 Å². The minimum atomic E-state index is -3.30. The van der Waals surface area contributed by atoms with Crippen LogP contribution in [0.5, 0.6) is 0 Å². The van der Waals surface area contributed by atoms with Gasteiger partial charge in [0, 0.05) is 29.9 Å². The standard InChI is InChI=1S/C22H22N4O2S/c1-15(17-8-5-4-6-9-17)24-22-13-21-20(14-23-22)16(2)25-26(21)18-10-7-11-19(12-18)29(3,27)28/h4-15H,1-3H3,(H,23,24)/t15-/m0/s1. The maximum Gasteiger partial charge on any atom is 0.175 e. The van der Waals surface area contributed by atoms with E-state index in [0.717, 1.165) is 22.4 Å². The van der Waals surface area contributed by atoms with Gasteiger partial charge in [0.2, 0.25) is 0 Å². The van der Waals surface area contributed by atoms with Gasteiger partial charge in [-0.2, -0.15) is 5.10 Å². The lowest BCUT2D eigenvalue weighted by Crippen LogP contribution is -2.08. The molecule has 148 valence electrons. The predicted octanol–water partition coefficient (Wildman–Crippen LogP) is 4.31. The number of hydrogen-bond donors (Lipinski definition) is 1. The van der Waals surface area contributed by atoms with Crippen LogP contribution in [-0.2, 0) is 9.84 Å². The molecule has 0 amide bonds. The average molecular weight is 407 g/mol. The van der Waals surface area contributed by atoms with E-state index in [1.807, 2.05) is 37.3 Å². The number of hydrogen-bond acceptors (Lipinski definition) is 5. The average Bonchev–Trinajstić information content (AvgIpc) is 3.04. The van der Waals surface area contributed by atoms with Gasteiger partial charge in [-0.15, -0.1) is 0 Å². The van der Waals surface area contributed by atoms with Gasteiger partial charge in [-0.25, -0.2) is 18.1 Å². The van der Waals surface area contributed by atoms with Crippen molar-refractivity contribution in [3.8, 4) is 5.69 Å². The lowest BCUT2D eigenvalue weighted by molar-refractivity contribution is 0.601. The molecule has 1 N–H and O–H groups in total. The van der Waals surface area contributed by atoms with Gasteiger partial charge in [-0.3, -0.25) is 0 Å². The molecule has 2 aromatic carbocycles. The maximum absolute atomic E-state index is 11.9. The van der Waals surface area contributed by atoms with Crippen molar-refractivity contribution in [3.05, 3.63) is 78.1 Å². The molecule has 0 aliphatic carbocycles. The van der Waals surface area contributed by atoms with Gasteiger partial charge in [0.05, 0.1) is 21.8 Å². The van der Waals surface area contributed by atoms with E-state index in [1.54, 1.807) is 29.1 Å². The molecule has 7 heteroatoms. The normalized spacial score (nSPS) is 12.8. The molecule has 0 radical (unpaired) electrons. The molecule has 6 nitrogen and oxygen atoms in total. The Kier molecular flexibility index (Phi) is 4.84. The summed E-state index contributed by atoms with van der Waals surface area (Å²) in [5.41, 5.74) is 3.56. The number of fused-ring (bicyclic) bond motifs is 1. The fourth-order valence-corrected chi connectivity index (χ4v) is 3.99. The van der Waals surface area contributed by atoms with E-state index in [4.69, 9.17) is 0 Å². The second kappa shape index (κ2) is 7.33. The van der Waals surface area contributed by atoms with Gasteiger partial charge >= 0.3 is 0 Å². The lowest BCUT2D eigenvalue weighted by Gasteiger charge is -2.15. The first-order valence-electron chi connectivity index (χ1n) is 9.30. The summed E-state index contributed by atoms with van der Waals surface area (Å²) >= 11 is 0. The maximum atomic E-state index is 11.9. The highest BCUT2D eigenvalue weighted by Crippen LogP contribution is 2.26. The van der Waals surface area contributed by atoms with Crippen LogP contribution in [-0.4, -0.2) is 29.4 Å². The van der Waals surface area contributed by atoms with Gasteiger partial charge in [0.15, 0.2) is 9.84 Å². The highest BCUT2D eigenvalue weighted by molar-refractivity contribution is 7.90. The highest BCUT2D eigenvalue weighted by atomic mass is 32.2. The molecular weight excluding hydrogens is 384 g/mol. The number of aryl methyl sites for hydroxylation is 1. The van der Waals surface area contributed by atoms with Crippen LogP contribution in [0.15, 0.2) is 71.8 Å². The summed E-state index contributed by atoms with van der Waals surface area (Å²) in [7, 11) is -3.30. The van der Waals surface area contributed by atoms with Crippen molar-refractivity contribution in [2.45, 2.75) is 24.8 Å². The summed E-state index contributed by atoms with van der Waals surface area (Å²) in [6, 6.07) is 19.0. The number of aromatic nitrogens is 3. The number of nitrogens with one attached hydrogen (secondary N) is 1. The van der Waals surface area contributed by atoms with Crippen LogP contribution in [0.25, 0.3) is 16.6 Å². The summed E-state index contributed by atoms with van der Waals surface area (Å²) in [6.45, 7) is 4.00. The fourth-order valence-electron chi connectivity index (χ4n) is 3.33. The van der Waals surface area contributed by atoms with E-state index in [9.17, 15) is 8.42 Å². The predicted molar refractivity (Wildman–Crippen MR) is 115 cm³/mol. The molecule has 4 rings (SSSR count). The Morgan fingerprint density at radius 1 is 1.03 bits per heavy atom. The Labute approximate surface area is 170 Å². The van der Waals surface area contributed by atoms with E-state index in [0.29, 0.717) is 5.69 Å². The van der Waals surface area contributed by atoms with E-state index < -0.39 is 9.84 Å². The molecule has 0 saturated carbocycles. The Hall–Kier alpha value is -3.19. The molecule has 29 heavy (non-hydrogen) atoms. The van der Waals surface area contributed by atoms with Crippen LogP contribution >= 0.6 is 0 Å². The Balaban J connectivity index is 1.76. The number of benzene rings is 2. The van der Waals surface area contributed by atoms with E-state index in [2.05, 4.69) is 34.5 Å². The highest BCUT2D eigenvalue weighted by Gasteiger charge is 2.14. The van der Waals surface area contributed by atoms with Crippen molar-refractivity contribution in [1.29, 1.82) is 0 Å². The summed E-state index contributed by atoms with van der Waals surface area (Å²) in [5.74, 6) is 0.731. The van der Waals surface area contributed by atoms with Gasteiger partial charge in [0.1, 0.15) is 5.82 Å². The van der Waals surface area contributed by atoms with Crippen molar-refractivity contribution in [2.75, 3.05) is 11.6 Å². The molecule has 4 aromatic rings. The van der Waals surface area contributed by atoms with E-state index in [-0.39, 0.29) is 10.9 Å². The second-order valence-electron chi connectivity index (χ2n) is 7.13. The first-order chi connectivity index (χ1) is 13.8. The van der Waals surface area contributed by atoms with Crippen molar-refractivity contribution in [1.82, 2.24) is 14.8 Å². The zero-order chi connectivity index (χ0) is 20.6. The number of anilines is 1. The molecule has 0 aliphatic heterocycles. The summed E-state index contributed by atoms with van der Waals surface area (Å²) in [6.07, 6.45) is 3.00. The van der Waals surface area contributed by atoms with Crippen LogP contribution < -0.4 is 5.32 Å². The third kappa shape index (κ3) is 3.86. The topological polar surface area (TPSA) is 76.9 Å². The van der Waals surface area contributed by atoms with Crippen molar-refractivity contribution < 1.29 is 8.42 Å². The van der Waals surface area contributed by atoms with Crippen LogP contribution in [0, 0.1) is 6.92 Å². The molecular formula is C22H22N4O2S. The Morgan fingerprint density at radius 2 is 1.79 bits per heavy atom. The quantitative estimate of drug-likeness (QED) is 0.535. The Morgan fingerprint density at radius 3 is 2.52 bits per heavy atom. The SMILES string of the molecule is Cc1nn(-c2cccc(S(C)(=O)=O)c2)c2cc(N[C@@H](C)c3ccccc3)ncc12. The molecule has 2 aromatic heterocycles. The van der Waals surface area contributed by atoms with Crippen molar-refractivity contribution >= 4 is 26.6 Å².